The van der Waals surface area contributed by atoms with Gasteiger partial charge in [-0.05, 0) is 30.5 Å². The Kier molecular flexibility index (Phi) is 4.02. The van der Waals surface area contributed by atoms with Gasteiger partial charge in [0.15, 0.2) is 0 Å². The van der Waals surface area contributed by atoms with E-state index in [9.17, 15) is 4.79 Å². The molecule has 0 aliphatic carbocycles. The van der Waals surface area contributed by atoms with E-state index >= 15 is 0 Å². The van der Waals surface area contributed by atoms with Crippen molar-refractivity contribution in [3.8, 4) is 5.75 Å². The second-order valence-corrected chi connectivity index (χ2v) is 4.35. The van der Waals surface area contributed by atoms with E-state index in [1.54, 1.807) is 19.2 Å². The first kappa shape index (κ1) is 13.4. The van der Waals surface area contributed by atoms with Crippen LogP contribution in [0.25, 0.3) is 10.8 Å². The van der Waals surface area contributed by atoms with Crippen LogP contribution in [0.1, 0.15) is 15.9 Å². The van der Waals surface area contributed by atoms with E-state index in [-0.39, 0.29) is 5.56 Å². The minimum absolute atomic E-state index is 0.226. The summed E-state index contributed by atoms with van der Waals surface area (Å²) in [7, 11) is 1.60. The third kappa shape index (κ3) is 3.03. The highest BCUT2D eigenvalue weighted by Gasteiger charge is 2.10. The Morgan fingerprint density at radius 3 is 2.68 bits per heavy atom. The summed E-state index contributed by atoms with van der Waals surface area (Å²) in [5, 5.41) is 10.9. The number of methoxy groups -OCH3 is 1. The van der Waals surface area contributed by atoms with E-state index in [2.05, 4.69) is 0 Å². The van der Waals surface area contributed by atoms with Crippen LogP contribution in [0.3, 0.4) is 0 Å². The smallest absolute Gasteiger partial charge is 0.335 e. The maximum Gasteiger partial charge on any atom is 0.335 e. The molecule has 0 saturated carbocycles. The van der Waals surface area contributed by atoms with Crippen molar-refractivity contribution in [2.45, 2.75) is 6.92 Å². The van der Waals surface area contributed by atoms with Gasteiger partial charge in [-0.25, -0.2) is 4.79 Å². The first-order valence-corrected chi connectivity index (χ1v) is 6.01. The van der Waals surface area contributed by atoms with Crippen molar-refractivity contribution in [2.75, 3.05) is 20.3 Å². The van der Waals surface area contributed by atoms with Gasteiger partial charge < -0.3 is 14.6 Å². The van der Waals surface area contributed by atoms with Gasteiger partial charge in [-0.15, -0.1) is 0 Å². The van der Waals surface area contributed by atoms with Crippen LogP contribution in [0.5, 0.6) is 5.75 Å². The summed E-state index contributed by atoms with van der Waals surface area (Å²) < 4.78 is 10.6. The zero-order valence-electron chi connectivity index (χ0n) is 11.0. The van der Waals surface area contributed by atoms with Crippen molar-refractivity contribution < 1.29 is 19.4 Å². The van der Waals surface area contributed by atoms with Gasteiger partial charge in [-0.2, -0.15) is 0 Å². The molecule has 4 heteroatoms. The molecule has 0 bridgehead atoms. The van der Waals surface area contributed by atoms with Crippen LogP contribution < -0.4 is 4.74 Å². The lowest BCUT2D eigenvalue weighted by Crippen LogP contribution is -2.06. The molecule has 0 heterocycles. The lowest BCUT2D eigenvalue weighted by atomic mass is 10.0. The Bertz CT molecular complexity index is 604. The number of carboxylic acids is 1. The summed E-state index contributed by atoms with van der Waals surface area (Å²) in [6.07, 6.45) is 0. The summed E-state index contributed by atoms with van der Waals surface area (Å²) in [5.74, 6) is -0.380. The Balaban J connectivity index is 2.49. The Labute approximate surface area is 111 Å². The molecule has 0 amide bonds. The maximum absolute atomic E-state index is 11.1. The molecule has 19 heavy (non-hydrogen) atoms. The lowest BCUT2D eigenvalue weighted by molar-refractivity contribution is 0.0696. The average molecular weight is 260 g/mol. The van der Waals surface area contributed by atoms with Crippen molar-refractivity contribution in [3.05, 3.63) is 41.5 Å². The van der Waals surface area contributed by atoms with Gasteiger partial charge in [0.1, 0.15) is 12.4 Å². The summed E-state index contributed by atoms with van der Waals surface area (Å²) >= 11 is 0. The molecule has 0 unspecified atom stereocenters. The molecule has 0 spiro atoms. The molecular formula is C15H16O4. The molecular weight excluding hydrogens is 244 g/mol. The van der Waals surface area contributed by atoms with E-state index in [0.29, 0.717) is 19.0 Å². The second kappa shape index (κ2) is 5.71. The molecule has 0 radical (unpaired) electrons. The minimum Gasteiger partial charge on any atom is -0.491 e. The van der Waals surface area contributed by atoms with E-state index in [1.807, 2.05) is 25.1 Å². The first-order chi connectivity index (χ1) is 9.11. The third-order valence-electron chi connectivity index (χ3n) is 2.86. The number of aryl methyl sites for hydroxylation is 1. The molecule has 0 aromatic heterocycles. The third-order valence-corrected chi connectivity index (χ3v) is 2.86. The van der Waals surface area contributed by atoms with Crippen LogP contribution in [0, 0.1) is 6.92 Å². The first-order valence-electron chi connectivity index (χ1n) is 6.01. The Morgan fingerprint density at radius 1 is 1.21 bits per heavy atom. The predicted molar refractivity (Wildman–Crippen MR) is 73.0 cm³/mol. The minimum atomic E-state index is -0.959. The van der Waals surface area contributed by atoms with E-state index in [4.69, 9.17) is 14.6 Å². The van der Waals surface area contributed by atoms with E-state index < -0.39 is 5.97 Å². The second-order valence-electron chi connectivity index (χ2n) is 4.35. The Morgan fingerprint density at radius 2 is 2.00 bits per heavy atom. The van der Waals surface area contributed by atoms with Crippen LogP contribution in [0.2, 0.25) is 0 Å². The summed E-state index contributed by atoms with van der Waals surface area (Å²) in [5.41, 5.74) is 1.33. The van der Waals surface area contributed by atoms with Crippen LogP contribution in [0.15, 0.2) is 30.3 Å². The molecule has 1 N–H and O–H groups in total. The standard InChI is InChI=1S/C15H16O4/c1-10-3-4-11-8-12(15(16)17)9-14(13(11)7-10)19-6-5-18-2/h3-4,7-9H,5-6H2,1-2H3,(H,16,17). The van der Waals surface area contributed by atoms with Crippen molar-refractivity contribution in [2.24, 2.45) is 0 Å². The molecule has 0 fully saturated rings. The molecule has 0 aliphatic heterocycles. The SMILES string of the molecule is COCCOc1cc(C(=O)O)cc2ccc(C)cc12. The molecule has 2 rings (SSSR count). The van der Waals surface area contributed by atoms with Gasteiger partial charge in [-0.3, -0.25) is 0 Å². The van der Waals surface area contributed by atoms with Crippen LogP contribution in [-0.4, -0.2) is 31.4 Å². The number of fused-ring (bicyclic) bond motifs is 1. The fourth-order valence-corrected chi connectivity index (χ4v) is 1.92. The summed E-state index contributed by atoms with van der Waals surface area (Å²) in [4.78, 5) is 11.1. The van der Waals surface area contributed by atoms with Crippen LogP contribution in [-0.2, 0) is 4.74 Å². The number of hydrogen-bond donors (Lipinski definition) is 1. The zero-order chi connectivity index (χ0) is 13.8. The fourth-order valence-electron chi connectivity index (χ4n) is 1.92. The molecule has 0 aliphatic rings. The van der Waals surface area contributed by atoms with Crippen molar-refractivity contribution in [3.63, 3.8) is 0 Å². The largest absolute Gasteiger partial charge is 0.491 e. The van der Waals surface area contributed by atoms with Gasteiger partial charge in [0.05, 0.1) is 12.2 Å². The number of ether oxygens (including phenoxy) is 2. The highest BCUT2D eigenvalue weighted by Crippen LogP contribution is 2.28. The molecule has 2 aromatic carbocycles. The van der Waals surface area contributed by atoms with Crippen LogP contribution >= 0.6 is 0 Å². The highest BCUT2D eigenvalue weighted by molar-refractivity contribution is 5.97. The molecule has 2 aromatic rings. The maximum atomic E-state index is 11.1. The van der Waals surface area contributed by atoms with Crippen molar-refractivity contribution in [1.82, 2.24) is 0 Å². The summed E-state index contributed by atoms with van der Waals surface area (Å²) in [6.45, 7) is 2.84. The number of aromatic carboxylic acids is 1. The lowest BCUT2D eigenvalue weighted by Gasteiger charge is -2.11. The number of carboxylic acid groups (broad SMARTS) is 1. The van der Waals surface area contributed by atoms with E-state index in [1.165, 1.54) is 0 Å². The fraction of sp³-hybridized carbons (Fsp3) is 0.267. The van der Waals surface area contributed by atoms with Crippen molar-refractivity contribution in [1.29, 1.82) is 0 Å². The zero-order valence-corrected chi connectivity index (χ0v) is 11.0. The predicted octanol–water partition coefficient (Wildman–Crippen LogP) is 2.87. The Hall–Kier alpha value is -2.07. The van der Waals surface area contributed by atoms with Crippen LogP contribution in [0.4, 0.5) is 0 Å². The quantitative estimate of drug-likeness (QED) is 0.840. The van der Waals surface area contributed by atoms with Crippen molar-refractivity contribution >= 4 is 16.7 Å². The number of carbonyl (C=O) groups is 1. The summed E-state index contributed by atoms with van der Waals surface area (Å²) in [6, 6.07) is 9.05. The number of rotatable bonds is 5. The topological polar surface area (TPSA) is 55.8 Å². The van der Waals surface area contributed by atoms with Gasteiger partial charge in [-0.1, -0.05) is 17.7 Å². The normalized spacial score (nSPS) is 10.6. The van der Waals surface area contributed by atoms with E-state index in [0.717, 1.165) is 16.3 Å². The molecule has 100 valence electrons. The molecule has 4 nitrogen and oxygen atoms in total. The van der Waals surface area contributed by atoms with Gasteiger partial charge in [0.25, 0.3) is 0 Å². The van der Waals surface area contributed by atoms with Gasteiger partial charge >= 0.3 is 5.97 Å². The monoisotopic (exact) mass is 260 g/mol. The number of hydrogen-bond acceptors (Lipinski definition) is 3. The van der Waals surface area contributed by atoms with Gasteiger partial charge in [0, 0.05) is 12.5 Å². The average Bonchev–Trinajstić information content (AvgIpc) is 2.39. The molecule has 0 saturated heterocycles. The number of benzene rings is 2. The molecule has 0 atom stereocenters. The highest BCUT2D eigenvalue weighted by atomic mass is 16.5. The van der Waals surface area contributed by atoms with Gasteiger partial charge in [0.2, 0.25) is 0 Å².